The highest BCUT2D eigenvalue weighted by Crippen LogP contribution is 2.44. The van der Waals surface area contributed by atoms with Crippen LogP contribution in [-0.4, -0.2) is 53.7 Å². The number of nitrogens with zero attached hydrogens (tertiary/aromatic N) is 1. The third-order valence-electron chi connectivity index (χ3n) is 7.90. The van der Waals surface area contributed by atoms with Crippen LogP contribution in [-0.2, 0) is 14.3 Å². The van der Waals surface area contributed by atoms with Gasteiger partial charge in [0.1, 0.15) is 12.6 Å². The molecule has 1 saturated heterocycles. The van der Waals surface area contributed by atoms with Gasteiger partial charge in [-0.1, -0.05) is 55.0 Å². The lowest BCUT2D eigenvalue weighted by molar-refractivity contribution is -0.154. The van der Waals surface area contributed by atoms with Crippen LogP contribution in [0.5, 0.6) is 0 Å². The van der Waals surface area contributed by atoms with Crippen molar-refractivity contribution < 1.29 is 24.2 Å². The fourth-order valence-corrected chi connectivity index (χ4v) is 6.14. The largest absolute Gasteiger partial charge is 0.480 e. The van der Waals surface area contributed by atoms with E-state index in [0.29, 0.717) is 19.5 Å². The Labute approximate surface area is 205 Å². The maximum Gasteiger partial charge on any atom is 0.407 e. The number of carboxylic acids is 1. The van der Waals surface area contributed by atoms with E-state index in [-0.39, 0.29) is 30.3 Å². The molecule has 184 valence electrons. The zero-order chi connectivity index (χ0) is 24.4. The van der Waals surface area contributed by atoms with Crippen LogP contribution in [0.25, 0.3) is 11.1 Å². The van der Waals surface area contributed by atoms with E-state index >= 15 is 0 Å². The van der Waals surface area contributed by atoms with Crippen LogP contribution < -0.4 is 5.32 Å². The van der Waals surface area contributed by atoms with Gasteiger partial charge >= 0.3 is 12.1 Å². The summed E-state index contributed by atoms with van der Waals surface area (Å²) < 4.78 is 5.64. The van der Waals surface area contributed by atoms with Gasteiger partial charge < -0.3 is 20.1 Å². The number of benzene rings is 2. The van der Waals surface area contributed by atoms with Crippen molar-refractivity contribution >= 4 is 18.0 Å². The third kappa shape index (κ3) is 4.64. The molecule has 1 saturated carbocycles. The molecule has 0 spiro atoms. The molecule has 35 heavy (non-hydrogen) atoms. The lowest BCUT2D eigenvalue weighted by Gasteiger charge is -2.36. The summed E-state index contributed by atoms with van der Waals surface area (Å²) in [7, 11) is 0. The summed E-state index contributed by atoms with van der Waals surface area (Å²) in [6.07, 6.45) is 4.18. The number of alkyl carbamates (subject to hydrolysis) is 1. The summed E-state index contributed by atoms with van der Waals surface area (Å²) >= 11 is 0. The molecule has 2 fully saturated rings. The normalized spacial score (nSPS) is 23.4. The second-order valence-electron chi connectivity index (χ2n) is 9.89. The molecule has 0 aromatic heterocycles. The van der Waals surface area contributed by atoms with E-state index in [0.717, 1.165) is 43.2 Å². The van der Waals surface area contributed by atoms with Gasteiger partial charge in [-0.25, -0.2) is 9.59 Å². The number of ether oxygens (including phenoxy) is 1. The fraction of sp³-hybridized carbons (Fsp3) is 0.464. The molecule has 5 rings (SSSR count). The summed E-state index contributed by atoms with van der Waals surface area (Å²) in [5.41, 5.74) is 4.69. The molecule has 3 aliphatic rings. The van der Waals surface area contributed by atoms with Gasteiger partial charge in [0.05, 0.1) is 0 Å². The highest BCUT2D eigenvalue weighted by molar-refractivity contribution is 5.86. The van der Waals surface area contributed by atoms with Gasteiger partial charge in [-0.05, 0) is 60.3 Å². The molecule has 0 radical (unpaired) electrons. The maximum absolute atomic E-state index is 13.2. The van der Waals surface area contributed by atoms with E-state index in [1.54, 1.807) is 4.90 Å². The summed E-state index contributed by atoms with van der Waals surface area (Å²) in [5, 5.41) is 12.4. The van der Waals surface area contributed by atoms with Crippen molar-refractivity contribution in [3.05, 3.63) is 59.7 Å². The number of piperidine rings is 1. The zero-order valence-electron chi connectivity index (χ0n) is 19.8. The summed E-state index contributed by atoms with van der Waals surface area (Å²) in [6.45, 7) is 1.11. The predicted octanol–water partition coefficient (Wildman–Crippen LogP) is 4.41. The van der Waals surface area contributed by atoms with Gasteiger partial charge in [0, 0.05) is 24.9 Å². The van der Waals surface area contributed by atoms with Crippen LogP contribution in [0.15, 0.2) is 48.5 Å². The molecule has 0 bridgehead atoms. The van der Waals surface area contributed by atoms with E-state index in [4.69, 9.17) is 4.74 Å². The molecule has 7 heteroatoms. The third-order valence-corrected chi connectivity index (χ3v) is 7.90. The predicted molar refractivity (Wildman–Crippen MR) is 131 cm³/mol. The van der Waals surface area contributed by atoms with Crippen LogP contribution in [0.1, 0.15) is 55.6 Å². The van der Waals surface area contributed by atoms with E-state index < -0.39 is 18.1 Å². The second-order valence-corrected chi connectivity index (χ2v) is 9.89. The van der Waals surface area contributed by atoms with Gasteiger partial charge in [0.15, 0.2) is 0 Å². The molecule has 2 aromatic rings. The number of carbonyl (C=O) groups excluding carboxylic acids is 2. The molecule has 2 N–H and O–H groups in total. The van der Waals surface area contributed by atoms with Crippen molar-refractivity contribution in [2.24, 2.45) is 11.8 Å². The van der Waals surface area contributed by atoms with Crippen LogP contribution in [0.2, 0.25) is 0 Å². The van der Waals surface area contributed by atoms with Crippen LogP contribution in [0, 0.1) is 11.8 Å². The first kappa shape index (κ1) is 23.4. The van der Waals surface area contributed by atoms with E-state index in [1.165, 1.54) is 11.1 Å². The molecule has 7 nitrogen and oxygen atoms in total. The molecule has 1 aliphatic heterocycles. The van der Waals surface area contributed by atoms with Crippen molar-refractivity contribution in [1.29, 1.82) is 0 Å². The number of nitrogens with one attached hydrogen (secondary N) is 1. The average Bonchev–Trinajstić information content (AvgIpc) is 3.48. The number of amides is 2. The highest BCUT2D eigenvalue weighted by atomic mass is 16.5. The van der Waals surface area contributed by atoms with Gasteiger partial charge in [0.25, 0.3) is 0 Å². The lowest BCUT2D eigenvalue weighted by atomic mass is 9.92. The Morgan fingerprint density at radius 2 is 1.60 bits per heavy atom. The van der Waals surface area contributed by atoms with Gasteiger partial charge in [-0.15, -0.1) is 0 Å². The highest BCUT2D eigenvalue weighted by Gasteiger charge is 2.40. The summed E-state index contributed by atoms with van der Waals surface area (Å²) in [4.78, 5) is 39.0. The number of rotatable bonds is 6. The first-order valence-corrected chi connectivity index (χ1v) is 12.7. The first-order chi connectivity index (χ1) is 17.0. The Morgan fingerprint density at radius 1 is 0.914 bits per heavy atom. The molecule has 1 heterocycles. The van der Waals surface area contributed by atoms with Crippen molar-refractivity contribution in [1.82, 2.24) is 10.2 Å². The molecule has 3 atom stereocenters. The van der Waals surface area contributed by atoms with Crippen molar-refractivity contribution in [2.75, 3.05) is 19.7 Å². The Morgan fingerprint density at radius 3 is 2.29 bits per heavy atom. The van der Waals surface area contributed by atoms with E-state index in [2.05, 4.69) is 29.6 Å². The van der Waals surface area contributed by atoms with E-state index in [1.807, 2.05) is 24.3 Å². The van der Waals surface area contributed by atoms with Crippen LogP contribution in [0.3, 0.4) is 0 Å². The number of carbonyl (C=O) groups is 3. The minimum absolute atomic E-state index is 0.000598. The number of hydrogen-bond acceptors (Lipinski definition) is 4. The topological polar surface area (TPSA) is 95.9 Å². The Kier molecular flexibility index (Phi) is 6.75. The van der Waals surface area contributed by atoms with Crippen molar-refractivity contribution in [3.8, 4) is 11.1 Å². The molecular formula is C28H32N2O5. The minimum atomic E-state index is -0.927. The molecular weight excluding hydrogens is 444 g/mol. The second kappa shape index (κ2) is 10.1. The summed E-state index contributed by atoms with van der Waals surface area (Å²) in [6, 6.07) is 15.7. The lowest BCUT2D eigenvalue weighted by Crippen LogP contribution is -2.51. The number of fused-ring (bicyclic) bond motifs is 3. The Bertz CT molecular complexity index is 1070. The number of likely N-dealkylation sites (tertiary alicyclic amines) is 1. The Balaban J connectivity index is 1.17. The average molecular weight is 477 g/mol. The van der Waals surface area contributed by atoms with Gasteiger partial charge in [0.2, 0.25) is 5.91 Å². The number of aliphatic carboxylic acids is 1. The monoisotopic (exact) mass is 476 g/mol. The molecule has 0 unspecified atom stereocenters. The molecule has 2 amide bonds. The standard InChI is InChI=1S/C28H32N2O5/c31-26(30-15-6-5-14-25(30)27(32)33)19-13-7-8-18(19)16-29-28(34)35-17-24-22-11-3-1-9-20(22)21-10-2-4-12-23(21)24/h1-4,9-12,18-19,24-25H,5-8,13-17H2,(H,29,34)(H,32,33)/t18-,19-,25+/m0/s1. The zero-order valence-corrected chi connectivity index (χ0v) is 19.8. The van der Waals surface area contributed by atoms with Crippen LogP contribution >= 0.6 is 0 Å². The fourth-order valence-electron chi connectivity index (χ4n) is 6.14. The smallest absolute Gasteiger partial charge is 0.407 e. The van der Waals surface area contributed by atoms with Gasteiger partial charge in [-0.2, -0.15) is 0 Å². The molecule has 2 aliphatic carbocycles. The number of hydrogen-bond donors (Lipinski definition) is 2. The quantitative estimate of drug-likeness (QED) is 0.644. The SMILES string of the molecule is O=C(NC[C@@H]1CCC[C@@H]1C(=O)N1CCCC[C@@H]1C(=O)O)OCC1c2ccccc2-c2ccccc21. The number of carboxylic acid groups (broad SMARTS) is 1. The Hall–Kier alpha value is -3.35. The molecule has 2 aromatic carbocycles. The minimum Gasteiger partial charge on any atom is -0.480 e. The summed E-state index contributed by atoms with van der Waals surface area (Å²) in [5.74, 6) is -1.25. The van der Waals surface area contributed by atoms with Gasteiger partial charge in [-0.3, -0.25) is 4.79 Å². The van der Waals surface area contributed by atoms with E-state index in [9.17, 15) is 19.5 Å². The first-order valence-electron chi connectivity index (χ1n) is 12.7. The maximum atomic E-state index is 13.2. The van der Waals surface area contributed by atoms with Crippen molar-refractivity contribution in [3.63, 3.8) is 0 Å². The van der Waals surface area contributed by atoms with Crippen LogP contribution in [0.4, 0.5) is 4.79 Å². The van der Waals surface area contributed by atoms with Crippen molar-refractivity contribution in [2.45, 2.75) is 50.5 Å².